The standard InChI is InChI=1S/CH6N2O.H2O/c1-4-3-2;/h3H,2H2,1H3;1H2. The normalized spacial score (nSPS) is 6.00. The Labute approximate surface area is 30.1 Å². The van der Waals surface area contributed by atoms with Crippen LogP contribution >= 0.6 is 0 Å². The van der Waals surface area contributed by atoms with Crippen LogP contribution in [0, 0.1) is 0 Å². The first-order valence-corrected chi connectivity index (χ1v) is 0.901. The van der Waals surface area contributed by atoms with E-state index in [1.807, 2.05) is 5.59 Å². The minimum Gasteiger partial charge on any atom is -0.412 e. The molecule has 0 unspecified atom stereocenters. The van der Waals surface area contributed by atoms with Crippen LogP contribution in [0.15, 0.2) is 0 Å². The monoisotopic (exact) mass is 80.1 g/mol. The zero-order valence-corrected chi connectivity index (χ0v) is 2.99. The highest BCUT2D eigenvalue weighted by molar-refractivity contribution is 3.63. The third-order valence-electron chi connectivity index (χ3n) is 0.118. The maximum Gasteiger partial charge on any atom is 0.0588 e. The van der Waals surface area contributed by atoms with Crippen LogP contribution in [0.1, 0.15) is 0 Å². The molecule has 0 spiro atoms. The van der Waals surface area contributed by atoms with E-state index in [1.54, 1.807) is 0 Å². The maximum absolute atomic E-state index is 4.56. The minimum absolute atomic E-state index is 0. The molecule has 0 aromatic heterocycles. The molecule has 0 bridgehead atoms. The van der Waals surface area contributed by atoms with Crippen LogP contribution in [0.2, 0.25) is 0 Å². The van der Waals surface area contributed by atoms with Crippen LogP contribution in [0.25, 0.3) is 0 Å². The zero-order chi connectivity index (χ0) is 3.41. The molecule has 0 heterocycles. The highest BCUT2D eigenvalue weighted by Gasteiger charge is 1.44. The number of hydrogen-bond donors (Lipinski definition) is 2. The smallest absolute Gasteiger partial charge is 0.0588 e. The van der Waals surface area contributed by atoms with Gasteiger partial charge in [-0.05, 0) is 0 Å². The van der Waals surface area contributed by atoms with Crippen molar-refractivity contribution in [3.05, 3.63) is 0 Å². The lowest BCUT2D eigenvalue weighted by atomic mass is 11.7. The van der Waals surface area contributed by atoms with Gasteiger partial charge in [0.2, 0.25) is 0 Å². The molecular weight excluding hydrogens is 72.0 g/mol. The Kier molecular flexibility index (Phi) is 16.2. The summed E-state index contributed by atoms with van der Waals surface area (Å²) in [4.78, 5) is 4.07. The summed E-state index contributed by atoms with van der Waals surface area (Å²) in [6.07, 6.45) is 0. The molecule has 0 saturated heterocycles. The predicted molar refractivity (Wildman–Crippen MR) is 17.9 cm³/mol. The first kappa shape index (κ1) is 8.85. The van der Waals surface area contributed by atoms with Gasteiger partial charge in [-0.2, -0.15) is 0 Å². The van der Waals surface area contributed by atoms with E-state index < -0.39 is 0 Å². The van der Waals surface area contributed by atoms with Gasteiger partial charge in [0, 0.05) is 0 Å². The molecule has 0 aromatic carbocycles. The van der Waals surface area contributed by atoms with Gasteiger partial charge < -0.3 is 5.48 Å². The summed E-state index contributed by atoms with van der Waals surface area (Å²) in [5.41, 5.74) is 1.93. The molecule has 34 valence electrons. The van der Waals surface area contributed by atoms with E-state index in [4.69, 9.17) is 0 Å². The number of hydrazine groups is 1. The van der Waals surface area contributed by atoms with Crippen molar-refractivity contribution >= 4 is 0 Å². The molecule has 0 amide bonds. The molecule has 5 N–H and O–H groups in total. The molecule has 0 radical (unpaired) electrons. The number of rotatable bonds is 1. The topological polar surface area (TPSA) is 78.8 Å². The van der Waals surface area contributed by atoms with Crippen molar-refractivity contribution in [2.24, 2.45) is 5.84 Å². The SMILES string of the molecule is CONN.O. The van der Waals surface area contributed by atoms with Gasteiger partial charge in [0.1, 0.15) is 0 Å². The fourth-order valence-corrected chi connectivity index (χ4v) is 0. The molecule has 4 heteroatoms. The average Bonchev–Trinajstić information content (AvgIpc) is 1.37. The van der Waals surface area contributed by atoms with Crippen LogP contribution in [0.4, 0.5) is 0 Å². The number of hydrogen-bond acceptors (Lipinski definition) is 3. The second-order valence-corrected chi connectivity index (χ2v) is 0.322. The maximum atomic E-state index is 4.56. The Morgan fingerprint density at radius 3 is 2.00 bits per heavy atom. The van der Waals surface area contributed by atoms with Gasteiger partial charge in [0.25, 0.3) is 0 Å². The highest BCUT2D eigenvalue weighted by Crippen LogP contribution is 1.27. The summed E-state index contributed by atoms with van der Waals surface area (Å²) in [6.45, 7) is 0. The lowest BCUT2D eigenvalue weighted by molar-refractivity contribution is 0.0925. The van der Waals surface area contributed by atoms with Crippen molar-refractivity contribution in [1.82, 2.24) is 5.59 Å². The van der Waals surface area contributed by atoms with Crippen LogP contribution < -0.4 is 11.4 Å². The zero-order valence-electron chi connectivity index (χ0n) is 2.99. The average molecular weight is 80.1 g/mol. The Morgan fingerprint density at radius 1 is 1.80 bits per heavy atom. The predicted octanol–water partition coefficient (Wildman–Crippen LogP) is -1.81. The van der Waals surface area contributed by atoms with Crippen molar-refractivity contribution in [2.75, 3.05) is 7.11 Å². The van der Waals surface area contributed by atoms with E-state index in [0.717, 1.165) is 0 Å². The second-order valence-electron chi connectivity index (χ2n) is 0.322. The van der Waals surface area contributed by atoms with Crippen molar-refractivity contribution in [1.29, 1.82) is 0 Å². The fourth-order valence-electron chi connectivity index (χ4n) is 0. The third kappa shape index (κ3) is 18.4. The molecule has 0 aliphatic heterocycles. The molecule has 0 atom stereocenters. The van der Waals surface area contributed by atoms with Crippen molar-refractivity contribution in [2.45, 2.75) is 0 Å². The largest absolute Gasteiger partial charge is 0.412 e. The van der Waals surface area contributed by atoms with Crippen LogP contribution in [-0.2, 0) is 4.84 Å². The Bertz CT molecular complexity index is 9.61. The first-order chi connectivity index (χ1) is 1.91. The Morgan fingerprint density at radius 2 is 2.00 bits per heavy atom. The molecule has 0 rings (SSSR count). The van der Waals surface area contributed by atoms with Crippen molar-refractivity contribution < 1.29 is 10.3 Å². The molecule has 0 saturated carbocycles. The van der Waals surface area contributed by atoms with Gasteiger partial charge >= 0.3 is 0 Å². The summed E-state index contributed by atoms with van der Waals surface area (Å²) in [7, 11) is 1.44. The molecule has 0 fully saturated rings. The van der Waals surface area contributed by atoms with Gasteiger partial charge in [0.15, 0.2) is 0 Å². The van der Waals surface area contributed by atoms with Crippen LogP contribution in [-0.4, -0.2) is 12.6 Å². The lowest BCUT2D eigenvalue weighted by Gasteiger charge is -1.80. The third-order valence-corrected chi connectivity index (χ3v) is 0.118. The molecule has 0 aliphatic carbocycles. The summed E-state index contributed by atoms with van der Waals surface area (Å²) >= 11 is 0. The van der Waals surface area contributed by atoms with E-state index in [0.29, 0.717) is 0 Å². The highest BCUT2D eigenvalue weighted by atomic mass is 16.7. The number of nitrogens with one attached hydrogen (secondary N) is 1. The molecule has 5 heavy (non-hydrogen) atoms. The van der Waals surface area contributed by atoms with Gasteiger partial charge in [-0.15, -0.1) is 5.59 Å². The van der Waals surface area contributed by atoms with Crippen molar-refractivity contribution in [3.8, 4) is 0 Å². The molecule has 0 aromatic rings. The molecule has 4 nitrogen and oxygen atoms in total. The Hall–Kier alpha value is -0.160. The summed E-state index contributed by atoms with van der Waals surface area (Å²) in [5.74, 6) is 4.56. The quantitative estimate of drug-likeness (QED) is 0.287. The molecular formula is CH8N2O2. The summed E-state index contributed by atoms with van der Waals surface area (Å²) in [5, 5.41) is 0. The summed E-state index contributed by atoms with van der Waals surface area (Å²) in [6, 6.07) is 0. The van der Waals surface area contributed by atoms with Crippen molar-refractivity contribution in [3.63, 3.8) is 0 Å². The first-order valence-electron chi connectivity index (χ1n) is 0.901. The number of nitrogens with two attached hydrogens (primary N) is 1. The second kappa shape index (κ2) is 9.15. The van der Waals surface area contributed by atoms with Crippen LogP contribution in [0.3, 0.4) is 0 Å². The van der Waals surface area contributed by atoms with E-state index >= 15 is 0 Å². The van der Waals surface area contributed by atoms with Crippen LogP contribution in [0.5, 0.6) is 0 Å². The van der Waals surface area contributed by atoms with Gasteiger partial charge in [-0.3, -0.25) is 4.84 Å². The lowest BCUT2D eigenvalue weighted by Crippen LogP contribution is -2.19. The van der Waals surface area contributed by atoms with Gasteiger partial charge in [-0.25, -0.2) is 5.84 Å². The van der Waals surface area contributed by atoms with Gasteiger partial charge in [0.05, 0.1) is 7.11 Å². The van der Waals surface area contributed by atoms with Gasteiger partial charge in [-0.1, -0.05) is 0 Å². The van der Waals surface area contributed by atoms with E-state index in [1.165, 1.54) is 7.11 Å². The molecule has 0 aliphatic rings. The van der Waals surface area contributed by atoms with E-state index in [9.17, 15) is 0 Å². The minimum atomic E-state index is 0. The Balaban J connectivity index is 0. The van der Waals surface area contributed by atoms with E-state index in [-0.39, 0.29) is 5.48 Å². The summed E-state index contributed by atoms with van der Waals surface area (Å²) < 4.78 is 0. The van der Waals surface area contributed by atoms with E-state index in [2.05, 4.69) is 10.7 Å². The fraction of sp³-hybridized carbons (Fsp3) is 1.00.